The molecule has 0 aliphatic heterocycles. The Labute approximate surface area is 216 Å². The van der Waals surface area contributed by atoms with E-state index in [-0.39, 0.29) is 12.6 Å². The summed E-state index contributed by atoms with van der Waals surface area (Å²) >= 11 is 0. The van der Waals surface area contributed by atoms with Gasteiger partial charge in [-0.1, -0.05) is 38.5 Å². The van der Waals surface area contributed by atoms with Crippen molar-refractivity contribution in [3.05, 3.63) is 24.3 Å². The number of hydrogen-bond donors (Lipinski definition) is 1. The highest BCUT2D eigenvalue weighted by Gasteiger charge is 2.02. The summed E-state index contributed by atoms with van der Waals surface area (Å²) in [4.78, 5) is 11.7. The monoisotopic (exact) mass is 491 g/mol. The predicted octanol–water partition coefficient (Wildman–Crippen LogP) is 4.80. The Balaban J connectivity index is 1.82. The maximum atomic E-state index is 11.7. The molecule has 6 nitrogen and oxygen atoms in total. The summed E-state index contributed by atoms with van der Waals surface area (Å²) in [6, 6.07) is 8.01. The van der Waals surface area contributed by atoms with Crippen molar-refractivity contribution in [2.45, 2.75) is 57.8 Å². The van der Waals surface area contributed by atoms with Crippen LogP contribution < -0.4 is 10.1 Å². The molecule has 0 aliphatic rings. The Morgan fingerprint density at radius 2 is 1.42 bits per heavy atom. The molecule has 0 aliphatic carbocycles. The molecule has 36 heavy (non-hydrogen) atoms. The van der Waals surface area contributed by atoms with Crippen LogP contribution in [-0.2, 0) is 19.0 Å². The van der Waals surface area contributed by atoms with E-state index >= 15 is 0 Å². The second kappa shape index (κ2) is 23.1. The number of nitrogens with one attached hydrogen (secondary N) is 1. The Kier molecular flexibility index (Phi) is 19.4. The van der Waals surface area contributed by atoms with Crippen molar-refractivity contribution in [1.82, 2.24) is 0 Å². The normalized spacial score (nSPS) is 9.22. The van der Waals surface area contributed by atoms with Crippen molar-refractivity contribution in [3.8, 4) is 53.8 Å². The van der Waals surface area contributed by atoms with Crippen LogP contribution in [0.15, 0.2) is 24.3 Å². The molecule has 0 radical (unpaired) electrons. The number of rotatable bonds is 19. The third-order valence-electron chi connectivity index (χ3n) is 4.95. The van der Waals surface area contributed by atoms with Crippen LogP contribution in [0.5, 0.6) is 5.75 Å². The number of esters is 1. The first-order valence-electron chi connectivity index (χ1n) is 12.5. The summed E-state index contributed by atoms with van der Waals surface area (Å²) in [7, 11) is 1.90. The van der Waals surface area contributed by atoms with Crippen LogP contribution in [0.3, 0.4) is 0 Å². The second-order valence-electron chi connectivity index (χ2n) is 7.75. The molecule has 0 aromatic heterocycles. The quantitative estimate of drug-likeness (QED) is 0.170. The van der Waals surface area contributed by atoms with E-state index in [1.807, 2.05) is 31.3 Å². The van der Waals surface area contributed by atoms with E-state index in [1.54, 1.807) is 0 Å². The molecule has 0 fully saturated rings. The minimum absolute atomic E-state index is 0.173. The highest BCUT2D eigenvalue weighted by atomic mass is 16.6. The third kappa shape index (κ3) is 18.7. The molecule has 0 saturated carbocycles. The summed E-state index contributed by atoms with van der Waals surface area (Å²) in [6.45, 7) is 1.99. The van der Waals surface area contributed by atoms with Gasteiger partial charge in [0.25, 0.3) is 0 Å². The van der Waals surface area contributed by atoms with Gasteiger partial charge < -0.3 is 24.3 Å². The number of benzene rings is 1. The average Bonchev–Trinajstić information content (AvgIpc) is 2.90. The maximum Gasteiger partial charge on any atom is 0.305 e. The molecule has 1 aromatic carbocycles. The molecule has 1 aromatic rings. The van der Waals surface area contributed by atoms with E-state index in [2.05, 4.69) is 46.9 Å². The molecular weight excluding hydrogens is 454 g/mol. The fraction of sp³-hybridized carbons (Fsp3) is 0.500. The van der Waals surface area contributed by atoms with Crippen LogP contribution in [0.2, 0.25) is 0 Å². The summed E-state index contributed by atoms with van der Waals surface area (Å²) < 4.78 is 21.3. The SMILES string of the molecule is C#CC#CC#CC#COCCOCCOC(=O)CCCCCCCCCCOc1ccc(NC)cc1. The Hall–Kier alpha value is -3.71. The molecule has 0 bridgehead atoms. The summed E-state index contributed by atoms with van der Waals surface area (Å²) in [5.41, 5.74) is 1.08. The van der Waals surface area contributed by atoms with Crippen molar-refractivity contribution >= 4 is 11.7 Å². The lowest BCUT2D eigenvalue weighted by Gasteiger charge is -2.07. The predicted molar refractivity (Wildman–Crippen MR) is 143 cm³/mol. The van der Waals surface area contributed by atoms with Crippen molar-refractivity contribution in [3.63, 3.8) is 0 Å². The summed E-state index contributed by atoms with van der Waals surface area (Å²) in [5, 5.41) is 3.10. The molecule has 0 heterocycles. The van der Waals surface area contributed by atoms with Crippen LogP contribution in [0.25, 0.3) is 0 Å². The maximum absolute atomic E-state index is 11.7. The molecule has 0 atom stereocenters. The van der Waals surface area contributed by atoms with Crippen LogP contribution in [0.4, 0.5) is 5.69 Å². The molecule has 192 valence electrons. The summed E-state index contributed by atoms with van der Waals surface area (Å²) in [5.74, 6) is 15.1. The lowest BCUT2D eigenvalue weighted by molar-refractivity contribution is -0.145. The first-order valence-corrected chi connectivity index (χ1v) is 12.5. The van der Waals surface area contributed by atoms with E-state index in [1.165, 1.54) is 25.7 Å². The molecule has 0 spiro atoms. The molecule has 1 rings (SSSR count). The van der Waals surface area contributed by atoms with E-state index in [0.717, 1.165) is 43.7 Å². The Bertz CT molecular complexity index is 945. The highest BCUT2D eigenvalue weighted by molar-refractivity contribution is 5.69. The average molecular weight is 492 g/mol. The van der Waals surface area contributed by atoms with Gasteiger partial charge in [0.15, 0.2) is 0 Å². The second-order valence-corrected chi connectivity index (χ2v) is 7.75. The van der Waals surface area contributed by atoms with E-state index in [4.69, 9.17) is 25.4 Å². The number of hydrogen-bond acceptors (Lipinski definition) is 6. The number of carbonyl (C=O) groups is 1. The third-order valence-corrected chi connectivity index (χ3v) is 4.95. The molecular formula is C30H37NO5. The largest absolute Gasteiger partial charge is 0.494 e. The van der Waals surface area contributed by atoms with Crippen LogP contribution in [0, 0.1) is 48.1 Å². The minimum atomic E-state index is -0.173. The van der Waals surface area contributed by atoms with Crippen LogP contribution in [-0.4, -0.2) is 46.1 Å². The number of ether oxygens (including phenoxy) is 4. The lowest BCUT2D eigenvalue weighted by Crippen LogP contribution is -2.12. The van der Waals surface area contributed by atoms with Crippen molar-refractivity contribution in [2.24, 2.45) is 0 Å². The van der Waals surface area contributed by atoms with Crippen LogP contribution in [0.1, 0.15) is 57.8 Å². The van der Waals surface area contributed by atoms with Gasteiger partial charge in [-0.05, 0) is 54.9 Å². The van der Waals surface area contributed by atoms with Gasteiger partial charge in [-0.25, -0.2) is 0 Å². The summed E-state index contributed by atoms with van der Waals surface area (Å²) in [6.07, 6.45) is 16.8. The van der Waals surface area contributed by atoms with Gasteiger partial charge in [0.05, 0.1) is 19.8 Å². The number of terminal acetylenes is 1. The minimum Gasteiger partial charge on any atom is -0.494 e. The first-order chi connectivity index (χ1) is 17.8. The number of unbranched alkanes of at least 4 members (excludes halogenated alkanes) is 7. The molecule has 0 saturated heterocycles. The standard InChI is InChI=1S/C30H37NO5/c1-3-4-5-6-12-15-22-33-24-25-34-26-27-36-30(32)17-14-11-9-7-8-10-13-16-23-35-29-20-18-28(31-2)19-21-29/h1,18-21,31H,7-11,13-14,16-17,23-27H2,2H3. The zero-order valence-electron chi connectivity index (χ0n) is 21.3. The van der Waals surface area contributed by atoms with Crippen LogP contribution >= 0.6 is 0 Å². The van der Waals surface area contributed by atoms with E-state index in [9.17, 15) is 4.79 Å². The molecule has 0 unspecified atom stereocenters. The fourth-order valence-electron chi connectivity index (χ4n) is 3.07. The molecule has 1 N–H and O–H groups in total. The van der Waals surface area contributed by atoms with Gasteiger partial charge in [-0.15, -0.1) is 6.42 Å². The van der Waals surface area contributed by atoms with Gasteiger partial charge in [-0.3, -0.25) is 4.79 Å². The lowest BCUT2D eigenvalue weighted by atomic mass is 10.1. The Morgan fingerprint density at radius 1 is 0.778 bits per heavy atom. The molecule has 0 amide bonds. The fourth-order valence-corrected chi connectivity index (χ4v) is 3.07. The van der Waals surface area contributed by atoms with Crippen molar-refractivity contribution in [2.75, 3.05) is 45.4 Å². The van der Waals surface area contributed by atoms with Gasteiger partial charge in [-0.2, -0.15) is 0 Å². The first kappa shape index (κ1) is 30.3. The topological polar surface area (TPSA) is 66.0 Å². The zero-order valence-corrected chi connectivity index (χ0v) is 21.3. The van der Waals surface area contributed by atoms with Gasteiger partial charge in [0.2, 0.25) is 0 Å². The molecule has 6 heteroatoms. The number of carbonyl (C=O) groups excluding carboxylic acids is 1. The Morgan fingerprint density at radius 3 is 2.14 bits per heavy atom. The van der Waals surface area contributed by atoms with Gasteiger partial charge in [0, 0.05) is 36.9 Å². The van der Waals surface area contributed by atoms with Gasteiger partial charge in [0.1, 0.15) is 25.1 Å². The highest BCUT2D eigenvalue weighted by Crippen LogP contribution is 2.16. The van der Waals surface area contributed by atoms with Gasteiger partial charge >= 0.3 is 5.97 Å². The number of anilines is 1. The van der Waals surface area contributed by atoms with Crippen molar-refractivity contribution in [1.29, 1.82) is 0 Å². The van der Waals surface area contributed by atoms with E-state index in [0.29, 0.717) is 26.2 Å². The smallest absolute Gasteiger partial charge is 0.305 e. The van der Waals surface area contributed by atoms with Crippen molar-refractivity contribution < 1.29 is 23.7 Å². The zero-order chi connectivity index (χ0) is 25.9. The van der Waals surface area contributed by atoms with E-state index < -0.39 is 0 Å².